The third-order valence-electron chi connectivity index (χ3n) is 3.52. The van der Waals surface area contributed by atoms with Gasteiger partial charge in [-0.3, -0.25) is 4.90 Å². The van der Waals surface area contributed by atoms with E-state index in [1.165, 1.54) is 0 Å². The van der Waals surface area contributed by atoms with Gasteiger partial charge in [0.05, 0.1) is 0 Å². The molecule has 0 radical (unpaired) electrons. The maximum absolute atomic E-state index is 5.58. The van der Waals surface area contributed by atoms with Gasteiger partial charge >= 0.3 is 0 Å². The fraction of sp³-hybridized carbons (Fsp3) is 0.600. The van der Waals surface area contributed by atoms with Crippen LogP contribution < -0.4 is 4.90 Å². The lowest BCUT2D eigenvalue weighted by molar-refractivity contribution is 0.283. The molecule has 0 unspecified atom stereocenters. The molecule has 110 valence electrons. The fourth-order valence-electron chi connectivity index (χ4n) is 2.34. The van der Waals surface area contributed by atoms with E-state index in [1.54, 1.807) is 5.54 Å². The number of anilines is 1. The summed E-state index contributed by atoms with van der Waals surface area (Å²) in [5.74, 6) is 2.37. The van der Waals surface area contributed by atoms with Crippen molar-refractivity contribution in [3.8, 4) is 0 Å². The lowest BCUT2D eigenvalue weighted by atomic mass is 10.2. The largest absolute Gasteiger partial charge is 0.354 e. The molecular formula is C15H23ClN4. The molecule has 1 fully saturated rings. The van der Waals surface area contributed by atoms with E-state index >= 15 is 0 Å². The summed E-state index contributed by atoms with van der Waals surface area (Å²) in [7, 11) is 0. The molecule has 2 heterocycles. The number of piperazine rings is 1. The van der Waals surface area contributed by atoms with Crippen LogP contribution in [0.25, 0.3) is 0 Å². The minimum absolute atomic E-state index is 0.365. The van der Waals surface area contributed by atoms with Crippen molar-refractivity contribution in [2.24, 2.45) is 0 Å². The molecule has 0 amide bonds. The molecule has 0 aliphatic carbocycles. The Hall–Kier alpha value is -1.13. The first-order valence-electron chi connectivity index (χ1n) is 7.18. The minimum Gasteiger partial charge on any atom is -0.354 e. The molecule has 0 saturated carbocycles. The molecule has 0 bridgehead atoms. The summed E-state index contributed by atoms with van der Waals surface area (Å²) < 4.78 is 0. The summed E-state index contributed by atoms with van der Waals surface area (Å²) in [4.78, 5) is 14.0. The van der Waals surface area contributed by atoms with E-state index in [-0.39, 0.29) is 0 Å². The minimum atomic E-state index is 0.365. The molecule has 1 aromatic heterocycles. The number of hydrogen-bond acceptors (Lipinski definition) is 4. The molecule has 1 aliphatic rings. The Balaban J connectivity index is 2.03. The molecule has 0 atom stereocenters. The summed E-state index contributed by atoms with van der Waals surface area (Å²) >= 11 is 5.58. The van der Waals surface area contributed by atoms with Gasteiger partial charge in [-0.2, -0.15) is 0 Å². The first-order valence-corrected chi connectivity index (χ1v) is 7.62. The van der Waals surface area contributed by atoms with E-state index < -0.39 is 0 Å². The summed E-state index contributed by atoms with van der Waals surface area (Å²) in [6.07, 6.45) is 1.99. The SMILES string of the molecule is Cc1cc(N2CCN(C/C=C/Cl)CC2)nc(C(C)C)n1. The van der Waals surface area contributed by atoms with Crippen molar-refractivity contribution < 1.29 is 0 Å². The highest BCUT2D eigenvalue weighted by Gasteiger charge is 2.18. The van der Waals surface area contributed by atoms with Gasteiger partial charge in [-0.25, -0.2) is 9.97 Å². The molecule has 20 heavy (non-hydrogen) atoms. The van der Waals surface area contributed by atoms with Crippen LogP contribution in [-0.4, -0.2) is 47.6 Å². The number of halogens is 1. The van der Waals surface area contributed by atoms with Gasteiger partial charge in [-0.1, -0.05) is 31.5 Å². The van der Waals surface area contributed by atoms with Crippen LogP contribution in [0.3, 0.4) is 0 Å². The quantitative estimate of drug-likeness (QED) is 0.855. The molecule has 1 aromatic rings. The van der Waals surface area contributed by atoms with Gasteiger partial charge in [0.1, 0.15) is 11.6 Å². The van der Waals surface area contributed by atoms with Crippen LogP contribution in [0.4, 0.5) is 5.82 Å². The Morgan fingerprint density at radius 2 is 1.95 bits per heavy atom. The molecule has 0 aromatic carbocycles. The molecule has 5 heteroatoms. The second-order valence-electron chi connectivity index (χ2n) is 5.53. The highest BCUT2D eigenvalue weighted by molar-refractivity contribution is 6.25. The van der Waals surface area contributed by atoms with Crippen LogP contribution in [0, 0.1) is 6.92 Å². The Morgan fingerprint density at radius 3 is 2.55 bits per heavy atom. The number of hydrogen-bond donors (Lipinski definition) is 0. The molecule has 2 rings (SSSR count). The Bertz CT molecular complexity index is 465. The maximum atomic E-state index is 5.58. The summed E-state index contributed by atoms with van der Waals surface area (Å²) in [5, 5.41) is 0. The smallest absolute Gasteiger partial charge is 0.133 e. The number of rotatable bonds is 4. The van der Waals surface area contributed by atoms with E-state index in [4.69, 9.17) is 16.6 Å². The van der Waals surface area contributed by atoms with Crippen molar-refractivity contribution in [2.45, 2.75) is 26.7 Å². The molecular weight excluding hydrogens is 272 g/mol. The third kappa shape index (κ3) is 3.93. The van der Waals surface area contributed by atoms with Gasteiger partial charge in [0.2, 0.25) is 0 Å². The molecule has 0 spiro atoms. The van der Waals surface area contributed by atoms with Crippen LogP contribution >= 0.6 is 11.6 Å². The van der Waals surface area contributed by atoms with Crippen LogP contribution in [0.15, 0.2) is 17.7 Å². The third-order valence-corrected chi connectivity index (χ3v) is 3.70. The average Bonchev–Trinajstić information content (AvgIpc) is 2.45. The van der Waals surface area contributed by atoms with Crippen molar-refractivity contribution in [2.75, 3.05) is 37.6 Å². The molecule has 1 aliphatic heterocycles. The Kier molecular flexibility index (Phi) is 5.38. The zero-order valence-corrected chi connectivity index (χ0v) is 13.3. The van der Waals surface area contributed by atoms with Crippen LogP contribution in [0.2, 0.25) is 0 Å². The van der Waals surface area contributed by atoms with Gasteiger partial charge in [0.25, 0.3) is 0 Å². The normalized spacial score (nSPS) is 17.4. The van der Waals surface area contributed by atoms with Crippen LogP contribution in [-0.2, 0) is 0 Å². The van der Waals surface area contributed by atoms with Crippen molar-refractivity contribution in [1.82, 2.24) is 14.9 Å². The second kappa shape index (κ2) is 7.04. The predicted molar refractivity (Wildman–Crippen MR) is 84.5 cm³/mol. The zero-order chi connectivity index (χ0) is 14.5. The van der Waals surface area contributed by atoms with E-state index in [0.29, 0.717) is 5.92 Å². The van der Waals surface area contributed by atoms with Gasteiger partial charge < -0.3 is 4.90 Å². The van der Waals surface area contributed by atoms with Gasteiger partial charge in [0.15, 0.2) is 0 Å². The van der Waals surface area contributed by atoms with E-state index in [9.17, 15) is 0 Å². The molecule has 1 saturated heterocycles. The van der Waals surface area contributed by atoms with Crippen LogP contribution in [0.1, 0.15) is 31.3 Å². The maximum Gasteiger partial charge on any atom is 0.133 e. The number of aryl methyl sites for hydroxylation is 1. The molecule has 4 nitrogen and oxygen atoms in total. The highest BCUT2D eigenvalue weighted by Crippen LogP contribution is 2.18. The van der Waals surface area contributed by atoms with Crippen LogP contribution in [0.5, 0.6) is 0 Å². The first kappa shape index (κ1) is 15.3. The summed E-state index contributed by atoms with van der Waals surface area (Å²) in [5.41, 5.74) is 2.64. The first-order chi connectivity index (χ1) is 9.60. The zero-order valence-electron chi connectivity index (χ0n) is 12.5. The van der Waals surface area contributed by atoms with Crippen molar-refractivity contribution in [3.63, 3.8) is 0 Å². The average molecular weight is 295 g/mol. The lowest BCUT2D eigenvalue weighted by Crippen LogP contribution is -2.46. The van der Waals surface area contributed by atoms with E-state index in [0.717, 1.165) is 50.1 Å². The van der Waals surface area contributed by atoms with Gasteiger partial charge in [-0.05, 0) is 6.92 Å². The standard InChI is InChI=1S/C15H23ClN4/c1-12(2)15-17-13(3)11-14(18-15)20-9-7-19(8-10-20)6-4-5-16/h4-5,11-12H,6-10H2,1-3H3/b5-4+. The van der Waals surface area contributed by atoms with E-state index in [2.05, 4.69) is 34.7 Å². The number of nitrogens with zero attached hydrogens (tertiary/aromatic N) is 4. The monoisotopic (exact) mass is 294 g/mol. The number of aromatic nitrogens is 2. The highest BCUT2D eigenvalue weighted by atomic mass is 35.5. The topological polar surface area (TPSA) is 32.3 Å². The van der Waals surface area contributed by atoms with Gasteiger partial charge in [0, 0.05) is 55.9 Å². The van der Waals surface area contributed by atoms with Crippen molar-refractivity contribution in [3.05, 3.63) is 29.2 Å². The van der Waals surface area contributed by atoms with E-state index in [1.807, 2.05) is 13.0 Å². The molecule has 0 N–H and O–H groups in total. The second-order valence-corrected chi connectivity index (χ2v) is 5.78. The van der Waals surface area contributed by atoms with Crippen molar-refractivity contribution in [1.29, 1.82) is 0 Å². The predicted octanol–water partition coefficient (Wildman–Crippen LogP) is 2.78. The van der Waals surface area contributed by atoms with Gasteiger partial charge in [-0.15, -0.1) is 0 Å². The Labute approximate surface area is 126 Å². The van der Waals surface area contributed by atoms with Crippen molar-refractivity contribution >= 4 is 17.4 Å². The fourth-order valence-corrected chi connectivity index (χ4v) is 2.42. The summed E-state index contributed by atoms with van der Waals surface area (Å²) in [6.45, 7) is 11.3. The summed E-state index contributed by atoms with van der Waals surface area (Å²) in [6, 6.07) is 2.08. The Morgan fingerprint density at radius 1 is 1.25 bits per heavy atom. The lowest BCUT2D eigenvalue weighted by Gasteiger charge is -2.35.